The van der Waals surface area contributed by atoms with Gasteiger partial charge < -0.3 is 10.1 Å². The van der Waals surface area contributed by atoms with Gasteiger partial charge in [0, 0.05) is 24.9 Å². The lowest BCUT2D eigenvalue weighted by Gasteiger charge is -2.13. The number of ether oxygens (including phenoxy) is 1. The van der Waals surface area contributed by atoms with Gasteiger partial charge in [-0.3, -0.25) is 0 Å². The van der Waals surface area contributed by atoms with E-state index in [1.54, 1.807) is 12.5 Å². The molecule has 3 aromatic rings. The average molecular weight is 483 g/mol. The number of hydrogen-bond acceptors (Lipinski definition) is 5. The molecule has 1 aromatic carbocycles. The van der Waals surface area contributed by atoms with Crippen molar-refractivity contribution in [3.8, 4) is 11.6 Å². The zero-order valence-corrected chi connectivity index (χ0v) is 19.8. The number of fused-ring (bicyclic) bond motifs is 1. The van der Waals surface area contributed by atoms with E-state index in [4.69, 9.17) is 4.74 Å². The van der Waals surface area contributed by atoms with Crippen LogP contribution >= 0.6 is 0 Å². The third kappa shape index (κ3) is 5.85. The Bertz CT molecular complexity index is 1370. The minimum Gasteiger partial charge on any atom is -0.439 e. The Labute approximate surface area is 201 Å². The topological polar surface area (TPSA) is 73.5 Å². The van der Waals surface area contributed by atoms with Crippen LogP contribution < -0.4 is 25.7 Å². The third-order valence-electron chi connectivity index (χ3n) is 5.89. The highest BCUT2D eigenvalue weighted by molar-refractivity contribution is 5.49. The molecule has 9 heteroatoms. The SMILES string of the molecule is CC1=c2c(NCCc3cc(C)c(Oc4ccc(C(F)(F)F)cn4)cc3C)[nH+]cnc2=NC=CCC1. The maximum Gasteiger partial charge on any atom is 0.417 e. The molecule has 0 saturated heterocycles. The van der Waals surface area contributed by atoms with Crippen LogP contribution in [0.2, 0.25) is 0 Å². The highest BCUT2D eigenvalue weighted by Gasteiger charge is 2.30. The number of alkyl halides is 3. The number of anilines is 1. The first-order valence-electron chi connectivity index (χ1n) is 11.4. The van der Waals surface area contributed by atoms with Crippen LogP contribution in [-0.4, -0.2) is 16.5 Å². The monoisotopic (exact) mass is 482 g/mol. The summed E-state index contributed by atoms with van der Waals surface area (Å²) in [6, 6.07) is 6.12. The van der Waals surface area contributed by atoms with Crippen molar-refractivity contribution in [2.75, 3.05) is 11.9 Å². The van der Waals surface area contributed by atoms with Crippen LogP contribution in [0.25, 0.3) is 5.57 Å². The van der Waals surface area contributed by atoms with Crippen molar-refractivity contribution in [1.82, 2.24) is 9.97 Å². The zero-order chi connectivity index (χ0) is 25.0. The zero-order valence-electron chi connectivity index (χ0n) is 19.8. The number of aryl methyl sites for hydroxylation is 2. The maximum atomic E-state index is 12.8. The summed E-state index contributed by atoms with van der Waals surface area (Å²) in [5, 5.41) is 4.50. The van der Waals surface area contributed by atoms with E-state index in [0.29, 0.717) is 17.8 Å². The first-order chi connectivity index (χ1) is 16.7. The Hall–Kier alpha value is -3.75. The maximum absolute atomic E-state index is 12.8. The molecule has 4 rings (SSSR count). The molecule has 182 valence electrons. The van der Waals surface area contributed by atoms with Gasteiger partial charge in [-0.2, -0.15) is 13.2 Å². The molecule has 1 aliphatic rings. The van der Waals surface area contributed by atoms with Gasteiger partial charge in [0.1, 0.15) is 11.0 Å². The standard InChI is InChI=1S/C26H26F3N5O/c1-16-6-4-5-10-30-24-23(16)25(34-15-33-24)31-11-9-19-12-18(3)21(13-17(19)2)35-22-8-7-20(14-32-22)26(27,28)29/h5,7-8,10,12-15H,4,6,9,11H2,1-3H3,(H,30,31,33,34)/p+1. The first-order valence-corrected chi connectivity index (χ1v) is 11.4. The summed E-state index contributed by atoms with van der Waals surface area (Å²) in [5.74, 6) is 1.58. The van der Waals surface area contributed by atoms with Gasteiger partial charge in [0.2, 0.25) is 23.5 Å². The number of aromatic amines is 1. The lowest BCUT2D eigenvalue weighted by Crippen LogP contribution is -2.39. The summed E-state index contributed by atoms with van der Waals surface area (Å²) in [5.41, 5.74) is 4.17. The molecule has 2 aromatic heterocycles. The summed E-state index contributed by atoms with van der Waals surface area (Å²) >= 11 is 0. The van der Waals surface area contributed by atoms with Gasteiger partial charge in [0.05, 0.1) is 12.1 Å². The van der Waals surface area contributed by atoms with Crippen LogP contribution in [0.15, 0.2) is 54.1 Å². The number of nitrogens with zero attached hydrogens (tertiary/aromatic N) is 3. The van der Waals surface area contributed by atoms with E-state index in [2.05, 4.69) is 32.2 Å². The molecule has 6 nitrogen and oxygen atoms in total. The second-order valence-electron chi connectivity index (χ2n) is 8.51. The predicted molar refractivity (Wildman–Crippen MR) is 126 cm³/mol. The Morgan fingerprint density at radius 1 is 1.09 bits per heavy atom. The molecule has 1 aliphatic heterocycles. The van der Waals surface area contributed by atoms with Gasteiger partial charge in [0.25, 0.3) is 0 Å². The van der Waals surface area contributed by atoms with Gasteiger partial charge in [-0.15, -0.1) is 0 Å². The van der Waals surface area contributed by atoms with Gasteiger partial charge in [0.15, 0.2) is 0 Å². The molecule has 0 radical (unpaired) electrons. The quantitative estimate of drug-likeness (QED) is 0.563. The number of rotatable bonds is 6. The number of hydrogen-bond donors (Lipinski definition) is 1. The molecule has 0 atom stereocenters. The van der Waals surface area contributed by atoms with Crippen molar-refractivity contribution in [2.24, 2.45) is 4.99 Å². The van der Waals surface area contributed by atoms with Crippen LogP contribution in [0.1, 0.15) is 42.0 Å². The second kappa shape index (κ2) is 10.2. The number of pyridine rings is 1. The Kier molecular flexibility index (Phi) is 7.14. The van der Waals surface area contributed by atoms with Crippen molar-refractivity contribution in [3.05, 3.63) is 82.0 Å². The molecule has 0 aliphatic carbocycles. The van der Waals surface area contributed by atoms with E-state index >= 15 is 0 Å². The molecule has 0 saturated carbocycles. The number of benzene rings is 1. The number of halogens is 3. The fourth-order valence-electron chi connectivity index (χ4n) is 3.94. The summed E-state index contributed by atoms with van der Waals surface area (Å²) < 4.78 is 44.0. The summed E-state index contributed by atoms with van der Waals surface area (Å²) in [4.78, 5) is 15.8. The van der Waals surface area contributed by atoms with Crippen molar-refractivity contribution in [2.45, 2.75) is 46.2 Å². The van der Waals surface area contributed by atoms with E-state index in [1.165, 1.54) is 11.6 Å². The molecule has 0 unspecified atom stereocenters. The third-order valence-corrected chi connectivity index (χ3v) is 5.89. The molecule has 0 amide bonds. The highest BCUT2D eigenvalue weighted by Crippen LogP contribution is 2.31. The predicted octanol–water partition coefficient (Wildman–Crippen LogP) is 4.47. The largest absolute Gasteiger partial charge is 0.439 e. The Balaban J connectivity index is 1.47. The summed E-state index contributed by atoms with van der Waals surface area (Å²) in [6.07, 6.45) is 4.50. The molecule has 0 bridgehead atoms. The number of H-pyrrole nitrogens is 1. The number of aromatic nitrogens is 3. The van der Waals surface area contributed by atoms with Gasteiger partial charge >= 0.3 is 6.18 Å². The van der Waals surface area contributed by atoms with Crippen molar-refractivity contribution in [1.29, 1.82) is 0 Å². The molecule has 0 spiro atoms. The van der Waals surface area contributed by atoms with Gasteiger partial charge in [-0.25, -0.2) is 15.0 Å². The number of allylic oxidation sites excluding steroid dienone is 1. The van der Waals surface area contributed by atoms with Crippen molar-refractivity contribution < 1.29 is 22.9 Å². The van der Waals surface area contributed by atoms with Crippen LogP contribution in [0.3, 0.4) is 0 Å². The molecule has 0 fully saturated rings. The smallest absolute Gasteiger partial charge is 0.417 e. The average Bonchev–Trinajstić information content (AvgIpc) is 2.80. The highest BCUT2D eigenvalue weighted by atomic mass is 19.4. The van der Waals surface area contributed by atoms with E-state index in [-0.39, 0.29) is 5.88 Å². The summed E-state index contributed by atoms with van der Waals surface area (Å²) in [7, 11) is 0. The van der Waals surface area contributed by atoms with Crippen molar-refractivity contribution in [3.63, 3.8) is 0 Å². The number of nitrogens with one attached hydrogen (secondary N) is 2. The molecular formula is C26H27F3N5O+. The van der Waals surface area contributed by atoms with E-state index in [1.807, 2.05) is 32.1 Å². The lowest BCUT2D eigenvalue weighted by atomic mass is 10.0. The van der Waals surface area contributed by atoms with Crippen LogP contribution in [0.4, 0.5) is 19.0 Å². The Morgan fingerprint density at radius 2 is 1.91 bits per heavy atom. The van der Waals surface area contributed by atoms with Crippen molar-refractivity contribution >= 4 is 11.4 Å². The molecule has 2 N–H and O–H groups in total. The van der Waals surface area contributed by atoms with Gasteiger partial charge in [-0.05, 0) is 62.4 Å². The molecular weight excluding hydrogens is 455 g/mol. The van der Waals surface area contributed by atoms with Crippen LogP contribution in [-0.2, 0) is 12.6 Å². The van der Waals surface area contributed by atoms with E-state index in [9.17, 15) is 13.2 Å². The molecule has 35 heavy (non-hydrogen) atoms. The molecule has 3 heterocycles. The minimum atomic E-state index is -4.43. The van der Waals surface area contributed by atoms with Gasteiger partial charge in [-0.1, -0.05) is 22.7 Å². The first kappa shape index (κ1) is 24.4. The minimum absolute atomic E-state index is 0.117. The fraction of sp³-hybridized carbons (Fsp3) is 0.308. The van der Waals surface area contributed by atoms with E-state index in [0.717, 1.165) is 59.3 Å². The Morgan fingerprint density at radius 3 is 2.66 bits per heavy atom. The lowest BCUT2D eigenvalue weighted by molar-refractivity contribution is -0.367. The second-order valence-corrected chi connectivity index (χ2v) is 8.51. The van der Waals surface area contributed by atoms with Crippen LogP contribution in [0, 0.1) is 13.8 Å². The van der Waals surface area contributed by atoms with E-state index < -0.39 is 11.7 Å². The summed E-state index contributed by atoms with van der Waals surface area (Å²) in [6.45, 7) is 6.69. The van der Waals surface area contributed by atoms with Crippen LogP contribution in [0.5, 0.6) is 11.6 Å². The normalized spacial score (nSPS) is 13.5. The fourth-order valence-corrected chi connectivity index (χ4v) is 3.94.